The van der Waals surface area contributed by atoms with Gasteiger partial charge >= 0.3 is 5.97 Å². The highest BCUT2D eigenvalue weighted by molar-refractivity contribution is 5.71. The molecule has 0 atom stereocenters. The third-order valence-electron chi connectivity index (χ3n) is 3.30. The third-order valence-corrected chi connectivity index (χ3v) is 3.30. The Bertz CT molecular complexity index is 441. The number of nitrogens with two attached hydrogens (primary N) is 1. The van der Waals surface area contributed by atoms with E-state index in [4.69, 9.17) is 15.2 Å². The molecule has 2 rings (SSSR count). The van der Waals surface area contributed by atoms with Gasteiger partial charge in [-0.25, -0.2) is 4.79 Å². The highest BCUT2D eigenvalue weighted by Crippen LogP contribution is 2.34. The summed E-state index contributed by atoms with van der Waals surface area (Å²) in [6.45, 7) is 2.09. The molecule has 0 heterocycles. The summed E-state index contributed by atoms with van der Waals surface area (Å²) in [5.74, 6) is 1.20. The molecule has 1 aliphatic carbocycles. The summed E-state index contributed by atoms with van der Waals surface area (Å²) in [4.78, 5) is 11.2. The molecule has 1 aromatic carbocycles. The summed E-state index contributed by atoms with van der Waals surface area (Å²) in [5, 5.41) is 0. The highest BCUT2D eigenvalue weighted by Gasteiger charge is 2.21. The standard InChI is InChI=1S/C15H21NO3/c1-2-18-15(17)10-19-13-7-8-14(16)12(9-13)6-5-11-3-4-11/h7-9,11H,2-6,10,16H2,1H3. The molecule has 0 spiro atoms. The van der Waals surface area contributed by atoms with Gasteiger partial charge in [0, 0.05) is 5.69 Å². The van der Waals surface area contributed by atoms with Crippen molar-refractivity contribution < 1.29 is 14.3 Å². The topological polar surface area (TPSA) is 61.5 Å². The number of hydrogen-bond acceptors (Lipinski definition) is 4. The van der Waals surface area contributed by atoms with Gasteiger partial charge in [-0.2, -0.15) is 0 Å². The number of nitrogen functional groups attached to an aromatic ring is 1. The second kappa shape index (κ2) is 6.45. The Morgan fingerprint density at radius 1 is 1.42 bits per heavy atom. The lowest BCUT2D eigenvalue weighted by Crippen LogP contribution is -2.14. The van der Waals surface area contributed by atoms with E-state index in [-0.39, 0.29) is 12.6 Å². The van der Waals surface area contributed by atoms with Gasteiger partial charge in [-0.1, -0.05) is 12.8 Å². The molecule has 0 radical (unpaired) electrons. The van der Waals surface area contributed by atoms with E-state index in [2.05, 4.69) is 0 Å². The van der Waals surface area contributed by atoms with E-state index >= 15 is 0 Å². The number of aryl methyl sites for hydroxylation is 1. The predicted molar refractivity (Wildman–Crippen MR) is 74.0 cm³/mol. The van der Waals surface area contributed by atoms with E-state index in [0.717, 1.165) is 23.6 Å². The summed E-state index contributed by atoms with van der Waals surface area (Å²) in [6.07, 6.45) is 4.86. The van der Waals surface area contributed by atoms with Crippen molar-refractivity contribution in [1.29, 1.82) is 0 Å². The fraction of sp³-hybridized carbons (Fsp3) is 0.533. The minimum atomic E-state index is -0.348. The Morgan fingerprint density at radius 3 is 2.89 bits per heavy atom. The number of benzene rings is 1. The summed E-state index contributed by atoms with van der Waals surface area (Å²) in [6, 6.07) is 5.55. The first-order valence-electron chi connectivity index (χ1n) is 6.86. The summed E-state index contributed by atoms with van der Waals surface area (Å²) in [5.41, 5.74) is 7.85. The van der Waals surface area contributed by atoms with Crippen molar-refractivity contribution in [3.63, 3.8) is 0 Å². The number of anilines is 1. The van der Waals surface area contributed by atoms with E-state index in [1.807, 2.05) is 12.1 Å². The van der Waals surface area contributed by atoms with Crippen LogP contribution in [0.15, 0.2) is 18.2 Å². The minimum absolute atomic E-state index is 0.0557. The van der Waals surface area contributed by atoms with Gasteiger partial charge in [0.1, 0.15) is 5.75 Å². The van der Waals surface area contributed by atoms with Crippen molar-refractivity contribution in [3.8, 4) is 5.75 Å². The number of carbonyl (C=O) groups excluding carboxylic acids is 1. The van der Waals surface area contributed by atoms with Crippen molar-refractivity contribution in [2.75, 3.05) is 18.9 Å². The van der Waals surface area contributed by atoms with Crippen molar-refractivity contribution in [2.24, 2.45) is 5.92 Å². The van der Waals surface area contributed by atoms with Crippen molar-refractivity contribution >= 4 is 11.7 Å². The van der Waals surface area contributed by atoms with Gasteiger partial charge in [-0.3, -0.25) is 0 Å². The molecule has 1 aliphatic rings. The van der Waals surface area contributed by atoms with Gasteiger partial charge in [-0.15, -0.1) is 0 Å². The van der Waals surface area contributed by atoms with Crippen molar-refractivity contribution in [2.45, 2.75) is 32.6 Å². The molecule has 0 bridgehead atoms. The van der Waals surface area contributed by atoms with Crippen LogP contribution in [0.4, 0.5) is 5.69 Å². The van der Waals surface area contributed by atoms with E-state index in [9.17, 15) is 4.79 Å². The maximum absolute atomic E-state index is 11.2. The molecule has 0 aliphatic heterocycles. The van der Waals surface area contributed by atoms with Crippen LogP contribution in [0.25, 0.3) is 0 Å². The largest absolute Gasteiger partial charge is 0.482 e. The van der Waals surface area contributed by atoms with Gasteiger partial charge < -0.3 is 15.2 Å². The molecule has 104 valence electrons. The van der Waals surface area contributed by atoms with Crippen LogP contribution in [0.1, 0.15) is 31.7 Å². The number of esters is 1. The van der Waals surface area contributed by atoms with Gasteiger partial charge in [0.2, 0.25) is 0 Å². The minimum Gasteiger partial charge on any atom is -0.482 e. The van der Waals surface area contributed by atoms with E-state index in [1.54, 1.807) is 13.0 Å². The maximum atomic E-state index is 11.2. The van der Waals surface area contributed by atoms with Crippen LogP contribution in [-0.4, -0.2) is 19.2 Å². The van der Waals surface area contributed by atoms with Crippen LogP contribution in [0.2, 0.25) is 0 Å². The lowest BCUT2D eigenvalue weighted by Gasteiger charge is -2.10. The molecule has 0 aromatic heterocycles. The van der Waals surface area contributed by atoms with Crippen LogP contribution in [0, 0.1) is 5.92 Å². The molecule has 0 saturated heterocycles. The Hall–Kier alpha value is -1.71. The molecule has 0 amide bonds. The highest BCUT2D eigenvalue weighted by atomic mass is 16.6. The third kappa shape index (κ3) is 4.47. The first kappa shape index (κ1) is 13.7. The molecule has 1 saturated carbocycles. The van der Waals surface area contributed by atoms with Gasteiger partial charge in [0.15, 0.2) is 6.61 Å². The normalized spacial score (nSPS) is 14.2. The van der Waals surface area contributed by atoms with Crippen LogP contribution < -0.4 is 10.5 Å². The SMILES string of the molecule is CCOC(=O)COc1ccc(N)c(CCC2CC2)c1. The molecule has 2 N–H and O–H groups in total. The molecule has 4 heteroatoms. The lowest BCUT2D eigenvalue weighted by atomic mass is 10.1. The summed E-state index contributed by atoms with van der Waals surface area (Å²) in [7, 11) is 0. The van der Waals surface area contributed by atoms with Gasteiger partial charge in [0.25, 0.3) is 0 Å². The molecular formula is C15H21NO3. The monoisotopic (exact) mass is 263 g/mol. The van der Waals surface area contributed by atoms with Crippen LogP contribution in [0.3, 0.4) is 0 Å². The number of carbonyl (C=O) groups is 1. The summed E-state index contributed by atoms with van der Waals surface area (Å²) >= 11 is 0. The van der Waals surface area contributed by atoms with E-state index in [1.165, 1.54) is 19.3 Å². The number of rotatable bonds is 7. The average Bonchev–Trinajstić information content (AvgIpc) is 3.21. The Balaban J connectivity index is 1.89. The Morgan fingerprint density at radius 2 is 2.21 bits per heavy atom. The molecule has 1 fully saturated rings. The van der Waals surface area contributed by atoms with Crippen LogP contribution in [-0.2, 0) is 16.0 Å². The molecule has 0 unspecified atom stereocenters. The van der Waals surface area contributed by atoms with E-state index < -0.39 is 0 Å². The molecule has 1 aromatic rings. The summed E-state index contributed by atoms with van der Waals surface area (Å²) < 4.78 is 10.2. The zero-order valence-electron chi connectivity index (χ0n) is 11.4. The van der Waals surface area contributed by atoms with Crippen LogP contribution in [0.5, 0.6) is 5.75 Å². The fourth-order valence-electron chi connectivity index (χ4n) is 2.00. The van der Waals surface area contributed by atoms with E-state index in [0.29, 0.717) is 12.4 Å². The maximum Gasteiger partial charge on any atom is 0.344 e. The Labute approximate surface area is 113 Å². The number of hydrogen-bond donors (Lipinski definition) is 1. The average molecular weight is 263 g/mol. The zero-order valence-corrected chi connectivity index (χ0v) is 11.4. The predicted octanol–water partition coefficient (Wildman–Crippen LogP) is 2.55. The lowest BCUT2D eigenvalue weighted by molar-refractivity contribution is -0.145. The van der Waals surface area contributed by atoms with Crippen molar-refractivity contribution in [3.05, 3.63) is 23.8 Å². The molecule has 19 heavy (non-hydrogen) atoms. The Kier molecular flexibility index (Phi) is 4.66. The zero-order chi connectivity index (χ0) is 13.7. The second-order valence-corrected chi connectivity index (χ2v) is 4.94. The van der Waals surface area contributed by atoms with Gasteiger partial charge in [0.05, 0.1) is 6.61 Å². The smallest absolute Gasteiger partial charge is 0.344 e. The first-order valence-corrected chi connectivity index (χ1v) is 6.86. The van der Waals surface area contributed by atoms with Gasteiger partial charge in [-0.05, 0) is 49.4 Å². The van der Waals surface area contributed by atoms with Crippen LogP contribution >= 0.6 is 0 Å². The van der Waals surface area contributed by atoms with Crippen molar-refractivity contribution in [1.82, 2.24) is 0 Å². The molecule has 4 nitrogen and oxygen atoms in total. The first-order chi connectivity index (χ1) is 9.19. The quantitative estimate of drug-likeness (QED) is 0.606. The second-order valence-electron chi connectivity index (χ2n) is 4.94. The molecular weight excluding hydrogens is 242 g/mol. The number of ether oxygens (including phenoxy) is 2. The fourth-order valence-corrected chi connectivity index (χ4v) is 2.00.